The Morgan fingerprint density at radius 1 is 1.00 bits per heavy atom. The predicted octanol–water partition coefficient (Wildman–Crippen LogP) is 4.25. The van der Waals surface area contributed by atoms with Gasteiger partial charge in [-0.25, -0.2) is 0 Å². The number of hydrogen-bond donors (Lipinski definition) is 0. The molecule has 0 saturated carbocycles. The van der Waals surface area contributed by atoms with E-state index >= 15 is 0 Å². The Morgan fingerprint density at radius 2 is 1.50 bits per heavy atom. The fourth-order valence-corrected chi connectivity index (χ4v) is 71.7. The Labute approximate surface area is 110 Å². The zero-order chi connectivity index (χ0) is 9.43. The summed E-state index contributed by atoms with van der Waals surface area (Å²) >= 11 is 2.72. The van der Waals surface area contributed by atoms with Crippen molar-refractivity contribution in [3.8, 4) is 0 Å². The summed E-state index contributed by atoms with van der Waals surface area (Å²) in [5.74, 6) is 2.86. The van der Waals surface area contributed by atoms with Crippen molar-refractivity contribution in [1.82, 2.24) is 0 Å². The van der Waals surface area contributed by atoms with Gasteiger partial charge in [-0.1, -0.05) is 0 Å². The minimum atomic E-state index is -1.69. The summed E-state index contributed by atoms with van der Waals surface area (Å²) in [6.07, 6.45) is 3.00. The molecule has 2 unspecified atom stereocenters. The molecule has 0 nitrogen and oxygen atoms in total. The second-order valence-corrected chi connectivity index (χ2v) is 44.1. The van der Waals surface area contributed by atoms with Gasteiger partial charge >= 0.3 is 112 Å². The normalized spacial score (nSPS) is 46.3. The molecule has 0 radical (unpaired) electrons. The molecule has 3 fully saturated rings. The van der Waals surface area contributed by atoms with Gasteiger partial charge in [-0.05, 0) is 0 Å². The van der Waals surface area contributed by atoms with E-state index in [9.17, 15) is 0 Å². The van der Waals surface area contributed by atoms with E-state index in [1.807, 2.05) is 0 Å². The molecule has 0 amide bonds. The molecule has 0 aromatic carbocycles. The van der Waals surface area contributed by atoms with Gasteiger partial charge in [-0.15, -0.1) is 0 Å². The van der Waals surface area contributed by atoms with Crippen molar-refractivity contribution in [2.45, 2.75) is 22.0 Å². The third-order valence-corrected chi connectivity index (χ3v) is 62.6. The van der Waals surface area contributed by atoms with Crippen molar-refractivity contribution < 1.29 is 0 Å². The summed E-state index contributed by atoms with van der Waals surface area (Å²) < 4.78 is 3.59. The summed E-state index contributed by atoms with van der Waals surface area (Å²) in [5, 5.41) is 0. The van der Waals surface area contributed by atoms with Crippen LogP contribution in [0.15, 0.2) is 0 Å². The van der Waals surface area contributed by atoms with Gasteiger partial charge in [0.25, 0.3) is 0 Å². The van der Waals surface area contributed by atoms with Crippen LogP contribution in [0.1, 0.15) is 12.8 Å². The average molecular weight is 407 g/mol. The van der Waals surface area contributed by atoms with Gasteiger partial charge in [-0.3, -0.25) is 0 Å². The van der Waals surface area contributed by atoms with Gasteiger partial charge in [0.1, 0.15) is 0 Å². The molecule has 3 aliphatic heterocycles. The quantitative estimate of drug-likeness (QED) is 0.501. The first kappa shape index (κ1) is 12.0. The average Bonchev–Trinajstić information content (AvgIpc) is 1.95. The summed E-state index contributed by atoms with van der Waals surface area (Å²) in [4.78, 5) is 0. The molecule has 3 rings (SSSR count). The van der Waals surface area contributed by atoms with Crippen molar-refractivity contribution >= 4 is 74.4 Å². The second kappa shape index (κ2) is 5.26. The van der Waals surface area contributed by atoms with Crippen molar-refractivity contribution in [3.63, 3.8) is 0 Å². The first-order valence-electron chi connectivity index (χ1n) is 4.76. The van der Waals surface area contributed by atoms with Gasteiger partial charge in [0.05, 0.1) is 0 Å². The molecule has 3 aliphatic rings. The van der Waals surface area contributed by atoms with Crippen LogP contribution in [0.4, 0.5) is 0 Å². The third kappa shape index (κ3) is 2.66. The van der Waals surface area contributed by atoms with Crippen LogP contribution in [0.25, 0.3) is 0 Å². The summed E-state index contributed by atoms with van der Waals surface area (Å²) in [5.41, 5.74) is 0. The minimum absolute atomic E-state index is 1.01. The molecule has 0 spiro atoms. The first-order chi connectivity index (χ1) is 6.86. The molecule has 3 saturated heterocycles. The first-order valence-corrected chi connectivity index (χ1v) is 23.4. The monoisotopic (exact) mass is 408 g/mol. The molecule has 7 heteroatoms. The van der Waals surface area contributed by atoms with Crippen LogP contribution in [-0.2, 0) is 0 Å². The van der Waals surface area contributed by atoms with Crippen molar-refractivity contribution in [3.05, 3.63) is 0 Å². The molecule has 2 atom stereocenters. The molecule has 3 heterocycles. The Balaban J connectivity index is 1.53. The molecule has 0 aliphatic carbocycles. The Bertz CT molecular complexity index is 194. The van der Waals surface area contributed by atoms with Gasteiger partial charge in [0.2, 0.25) is 0 Å². The number of thioether (sulfide) groups is 2. The molecule has 80 valence electrons. The SMILES string of the molecule is C1CC([S][Sn]2([S]C3CCS3)[CH2]S[S]2)S1. The van der Waals surface area contributed by atoms with Gasteiger partial charge in [-0.2, -0.15) is 0 Å². The van der Waals surface area contributed by atoms with E-state index in [-0.39, 0.29) is 0 Å². The van der Waals surface area contributed by atoms with Crippen molar-refractivity contribution in [1.29, 1.82) is 0 Å². The Morgan fingerprint density at radius 3 is 1.71 bits per heavy atom. The van der Waals surface area contributed by atoms with Crippen LogP contribution < -0.4 is 0 Å². The van der Waals surface area contributed by atoms with Crippen LogP contribution in [0.2, 0.25) is 0 Å². The Hall–Kier alpha value is 2.90. The van der Waals surface area contributed by atoms with Gasteiger partial charge in [0, 0.05) is 0 Å². The van der Waals surface area contributed by atoms with Crippen LogP contribution in [0.3, 0.4) is 0 Å². The summed E-state index contributed by atoms with van der Waals surface area (Å²) in [6, 6.07) is 0. The Kier molecular flexibility index (Phi) is 4.49. The summed E-state index contributed by atoms with van der Waals surface area (Å²) in [7, 11) is 9.41. The van der Waals surface area contributed by atoms with Gasteiger partial charge < -0.3 is 0 Å². The molecule has 0 bridgehead atoms. The van der Waals surface area contributed by atoms with Crippen molar-refractivity contribution in [2.24, 2.45) is 0 Å². The number of rotatable bonds is 4. The van der Waals surface area contributed by atoms with E-state index in [0.717, 1.165) is 9.16 Å². The molecule has 14 heavy (non-hydrogen) atoms. The van der Waals surface area contributed by atoms with Gasteiger partial charge in [0.15, 0.2) is 0 Å². The van der Waals surface area contributed by atoms with Crippen LogP contribution >= 0.6 is 60.2 Å². The molecular weight excluding hydrogens is 395 g/mol. The maximum absolute atomic E-state index is 2.46. The van der Waals surface area contributed by atoms with E-state index < -0.39 is 14.2 Å². The molecule has 0 aromatic heterocycles. The molecular formula is C7H12S6Sn. The zero-order valence-corrected chi connectivity index (χ0v) is 15.4. The maximum atomic E-state index is 2.46. The molecule has 0 N–H and O–H groups in total. The van der Waals surface area contributed by atoms with Crippen molar-refractivity contribution in [2.75, 3.05) is 15.3 Å². The molecule has 0 aromatic rings. The van der Waals surface area contributed by atoms with Crippen LogP contribution in [0, 0.1) is 0 Å². The third-order valence-electron chi connectivity index (χ3n) is 2.36. The topological polar surface area (TPSA) is 0 Å². The second-order valence-electron chi connectivity index (χ2n) is 3.44. The van der Waals surface area contributed by atoms with Crippen LogP contribution in [-0.4, -0.2) is 38.7 Å². The predicted molar refractivity (Wildman–Crippen MR) is 82.7 cm³/mol. The number of hydrogen-bond acceptors (Lipinski definition) is 6. The van der Waals surface area contributed by atoms with E-state index in [1.54, 1.807) is 3.77 Å². The van der Waals surface area contributed by atoms with E-state index in [1.165, 1.54) is 24.3 Å². The van der Waals surface area contributed by atoms with E-state index in [0.29, 0.717) is 0 Å². The van der Waals surface area contributed by atoms with E-state index in [4.69, 9.17) is 0 Å². The fraction of sp³-hybridized carbons (Fsp3) is 1.00. The summed E-state index contributed by atoms with van der Waals surface area (Å²) in [6.45, 7) is 0. The fourth-order valence-electron chi connectivity index (χ4n) is 1.30. The zero-order valence-electron chi connectivity index (χ0n) is 7.64. The standard InChI is InChI=1S/2C3H6S2.CH3S2.Sn/c2*4-3-1-2-5-3;1-3-2;/h2*3-4H,1-2H2;2H,1H2;/q;;;+3/p-3. The van der Waals surface area contributed by atoms with E-state index in [2.05, 4.69) is 60.2 Å². The van der Waals surface area contributed by atoms with Crippen LogP contribution in [0.5, 0.6) is 0 Å².